The molecule has 0 bridgehead atoms. The van der Waals surface area contributed by atoms with E-state index in [-0.39, 0.29) is 11.9 Å². The number of ether oxygens (including phenoxy) is 1. The van der Waals surface area contributed by atoms with E-state index >= 15 is 0 Å². The van der Waals surface area contributed by atoms with E-state index in [0.717, 1.165) is 25.8 Å². The highest BCUT2D eigenvalue weighted by Gasteiger charge is 2.48. The van der Waals surface area contributed by atoms with Gasteiger partial charge in [0.05, 0.1) is 17.5 Å². The van der Waals surface area contributed by atoms with Crippen molar-refractivity contribution in [1.29, 1.82) is 0 Å². The maximum absolute atomic E-state index is 12.5. The van der Waals surface area contributed by atoms with E-state index in [2.05, 4.69) is 5.32 Å². The number of amides is 3. The van der Waals surface area contributed by atoms with Crippen LogP contribution in [0.5, 0.6) is 5.75 Å². The summed E-state index contributed by atoms with van der Waals surface area (Å²) in [4.78, 5) is 28.5. The van der Waals surface area contributed by atoms with Crippen LogP contribution < -0.4 is 10.1 Å². The predicted molar refractivity (Wildman–Crippen MR) is 92.5 cm³/mol. The number of urea groups is 1. The Balaban J connectivity index is 1.66. The molecule has 0 aromatic heterocycles. The van der Waals surface area contributed by atoms with E-state index in [1.165, 1.54) is 0 Å². The topological polar surface area (TPSA) is 61.9 Å². The average molecular weight is 352 g/mol. The maximum Gasteiger partial charge on any atom is 0.321 e. The van der Waals surface area contributed by atoms with E-state index in [9.17, 15) is 9.59 Å². The van der Waals surface area contributed by atoms with Crippen molar-refractivity contribution in [3.63, 3.8) is 0 Å². The summed E-state index contributed by atoms with van der Waals surface area (Å²) in [7, 11) is 3.38. The van der Waals surface area contributed by atoms with Gasteiger partial charge >= 0.3 is 6.03 Å². The minimum absolute atomic E-state index is 0.163. The zero-order valence-electron chi connectivity index (χ0n) is 14.0. The molecule has 7 heteroatoms. The first kappa shape index (κ1) is 16.9. The van der Waals surface area contributed by atoms with E-state index in [4.69, 9.17) is 16.3 Å². The zero-order chi connectivity index (χ0) is 17.3. The second kappa shape index (κ2) is 6.51. The highest BCUT2D eigenvalue weighted by atomic mass is 35.5. The third kappa shape index (κ3) is 3.02. The van der Waals surface area contributed by atoms with Crippen LogP contribution in [-0.2, 0) is 4.79 Å². The molecule has 1 spiro atoms. The van der Waals surface area contributed by atoms with Gasteiger partial charge in [-0.2, -0.15) is 0 Å². The molecule has 0 radical (unpaired) electrons. The lowest BCUT2D eigenvalue weighted by Gasteiger charge is -2.37. The predicted octanol–water partition coefficient (Wildman–Crippen LogP) is 2.82. The number of halogens is 1. The third-order valence-electron chi connectivity index (χ3n) is 4.99. The summed E-state index contributed by atoms with van der Waals surface area (Å²) in [5.41, 5.74) is 0.209. The van der Waals surface area contributed by atoms with Gasteiger partial charge in [0.15, 0.2) is 0 Å². The smallest absolute Gasteiger partial charge is 0.321 e. The van der Waals surface area contributed by atoms with E-state index < -0.39 is 5.41 Å². The van der Waals surface area contributed by atoms with Gasteiger partial charge in [-0.3, -0.25) is 4.79 Å². The molecule has 130 valence electrons. The van der Waals surface area contributed by atoms with Crippen LogP contribution in [-0.4, -0.2) is 55.5 Å². The summed E-state index contributed by atoms with van der Waals surface area (Å²) in [6, 6.07) is 4.91. The highest BCUT2D eigenvalue weighted by molar-refractivity contribution is 6.32. The van der Waals surface area contributed by atoms with Crippen molar-refractivity contribution in [3.8, 4) is 5.75 Å². The number of methoxy groups -OCH3 is 1. The van der Waals surface area contributed by atoms with Crippen molar-refractivity contribution < 1.29 is 14.3 Å². The highest BCUT2D eigenvalue weighted by Crippen LogP contribution is 2.39. The number of anilines is 1. The fourth-order valence-corrected chi connectivity index (χ4v) is 3.90. The fourth-order valence-electron chi connectivity index (χ4n) is 3.64. The van der Waals surface area contributed by atoms with E-state index in [1.54, 1.807) is 35.1 Å². The monoisotopic (exact) mass is 351 g/mol. The maximum atomic E-state index is 12.5. The Kier molecular flexibility index (Phi) is 4.58. The van der Waals surface area contributed by atoms with Crippen LogP contribution in [0.1, 0.15) is 19.3 Å². The Morgan fingerprint density at radius 3 is 2.83 bits per heavy atom. The standard InChI is InChI=1S/C17H22ClN3O3/c1-20-8-3-6-17(15(20)22)7-9-21(11-17)16(23)19-12-4-5-14(24-2)13(18)10-12/h4-5,10H,3,6-9,11H2,1-2H3,(H,19,23). The van der Waals surface area contributed by atoms with Crippen molar-refractivity contribution in [3.05, 3.63) is 23.2 Å². The van der Waals surface area contributed by atoms with Gasteiger partial charge in [-0.25, -0.2) is 4.79 Å². The number of carbonyl (C=O) groups is 2. The molecular formula is C17H22ClN3O3. The Morgan fingerprint density at radius 2 is 2.12 bits per heavy atom. The molecule has 2 saturated heterocycles. The molecule has 1 N–H and O–H groups in total. The summed E-state index contributed by atoms with van der Waals surface area (Å²) in [5, 5.41) is 3.29. The molecular weight excluding hydrogens is 330 g/mol. The van der Waals surface area contributed by atoms with Gasteiger partial charge in [0.25, 0.3) is 0 Å². The average Bonchev–Trinajstić information content (AvgIpc) is 2.98. The number of piperidine rings is 1. The molecule has 2 aliphatic heterocycles. The zero-order valence-corrected chi connectivity index (χ0v) is 14.7. The van der Waals surface area contributed by atoms with Crippen molar-refractivity contribution in [1.82, 2.24) is 9.80 Å². The second-order valence-corrected chi connectivity index (χ2v) is 6.97. The van der Waals surface area contributed by atoms with Crippen LogP contribution in [0.15, 0.2) is 18.2 Å². The quantitative estimate of drug-likeness (QED) is 0.891. The van der Waals surface area contributed by atoms with Crippen LogP contribution in [0.3, 0.4) is 0 Å². The van der Waals surface area contributed by atoms with Crippen molar-refractivity contribution in [2.24, 2.45) is 5.41 Å². The van der Waals surface area contributed by atoms with Crippen LogP contribution >= 0.6 is 11.6 Å². The molecule has 3 rings (SSSR count). The minimum Gasteiger partial charge on any atom is -0.495 e. The lowest BCUT2D eigenvalue weighted by Crippen LogP contribution is -2.49. The minimum atomic E-state index is -0.401. The molecule has 24 heavy (non-hydrogen) atoms. The molecule has 1 aromatic rings. The van der Waals surface area contributed by atoms with Crippen LogP contribution in [0.2, 0.25) is 5.02 Å². The van der Waals surface area contributed by atoms with Gasteiger partial charge in [-0.15, -0.1) is 0 Å². The first-order valence-corrected chi connectivity index (χ1v) is 8.48. The number of nitrogens with one attached hydrogen (secondary N) is 1. The molecule has 0 saturated carbocycles. The van der Waals surface area contributed by atoms with Crippen LogP contribution in [0, 0.1) is 5.41 Å². The largest absolute Gasteiger partial charge is 0.495 e. The SMILES string of the molecule is COc1ccc(NC(=O)N2CCC3(CCCN(C)C3=O)C2)cc1Cl. The summed E-state index contributed by atoms with van der Waals surface area (Å²) in [6.45, 7) is 1.87. The molecule has 1 aromatic carbocycles. The summed E-state index contributed by atoms with van der Waals surface area (Å²) < 4.78 is 5.10. The Morgan fingerprint density at radius 1 is 1.33 bits per heavy atom. The Labute approximate surface area is 146 Å². The molecule has 1 unspecified atom stereocenters. The third-order valence-corrected chi connectivity index (χ3v) is 5.29. The van der Waals surface area contributed by atoms with Crippen molar-refractivity contribution >= 4 is 29.2 Å². The summed E-state index contributed by atoms with van der Waals surface area (Å²) >= 11 is 6.08. The van der Waals surface area contributed by atoms with E-state index in [0.29, 0.717) is 29.5 Å². The number of hydrogen-bond donors (Lipinski definition) is 1. The normalized spacial score (nSPS) is 23.7. The molecule has 2 fully saturated rings. The molecule has 6 nitrogen and oxygen atoms in total. The second-order valence-electron chi connectivity index (χ2n) is 6.56. The Bertz CT molecular complexity index is 666. The van der Waals surface area contributed by atoms with Gasteiger partial charge < -0.3 is 19.9 Å². The molecule has 2 aliphatic rings. The number of likely N-dealkylation sites (tertiary alicyclic amines) is 2. The van der Waals surface area contributed by atoms with Crippen molar-refractivity contribution in [2.45, 2.75) is 19.3 Å². The van der Waals surface area contributed by atoms with Gasteiger partial charge in [-0.1, -0.05) is 11.6 Å². The summed E-state index contributed by atoms with van der Waals surface area (Å²) in [6.07, 6.45) is 2.58. The fraction of sp³-hybridized carbons (Fsp3) is 0.529. The number of benzene rings is 1. The van der Waals surface area contributed by atoms with Crippen LogP contribution in [0.4, 0.5) is 10.5 Å². The van der Waals surface area contributed by atoms with E-state index in [1.807, 2.05) is 7.05 Å². The van der Waals surface area contributed by atoms with Gasteiger partial charge in [0.1, 0.15) is 5.75 Å². The Hall–Kier alpha value is -1.95. The first-order valence-electron chi connectivity index (χ1n) is 8.10. The molecule has 0 aliphatic carbocycles. The first-order chi connectivity index (χ1) is 11.4. The van der Waals surface area contributed by atoms with Crippen molar-refractivity contribution in [2.75, 3.05) is 39.1 Å². The molecule has 3 amide bonds. The number of hydrogen-bond acceptors (Lipinski definition) is 3. The molecule has 1 atom stereocenters. The lowest BCUT2D eigenvalue weighted by atomic mass is 9.78. The number of rotatable bonds is 2. The van der Waals surface area contributed by atoms with Gasteiger partial charge in [0.2, 0.25) is 5.91 Å². The van der Waals surface area contributed by atoms with Crippen LogP contribution in [0.25, 0.3) is 0 Å². The lowest BCUT2D eigenvalue weighted by molar-refractivity contribution is -0.143. The number of carbonyl (C=O) groups excluding carboxylic acids is 2. The number of nitrogens with zero attached hydrogens (tertiary/aromatic N) is 2. The van der Waals surface area contributed by atoms with Gasteiger partial charge in [0, 0.05) is 32.4 Å². The van der Waals surface area contributed by atoms with Gasteiger partial charge in [-0.05, 0) is 37.5 Å². The molecule has 2 heterocycles. The summed E-state index contributed by atoms with van der Waals surface area (Å²) in [5.74, 6) is 0.724.